The van der Waals surface area contributed by atoms with Crippen molar-refractivity contribution >= 4 is 37.7 Å². The maximum Gasteiger partial charge on any atom is 0.131 e. The van der Waals surface area contributed by atoms with Crippen LogP contribution in [0.3, 0.4) is 0 Å². The first-order valence-corrected chi connectivity index (χ1v) is 7.47. The molecule has 1 aromatic carbocycles. The van der Waals surface area contributed by atoms with Gasteiger partial charge in [0.25, 0.3) is 0 Å². The molecule has 0 radical (unpaired) electrons. The third-order valence-corrected chi connectivity index (χ3v) is 4.79. The summed E-state index contributed by atoms with van der Waals surface area (Å²) in [5.41, 5.74) is 8.08. The summed E-state index contributed by atoms with van der Waals surface area (Å²) >= 11 is 6.97. The van der Waals surface area contributed by atoms with Gasteiger partial charge in [-0.3, -0.25) is 0 Å². The minimum Gasteiger partial charge on any atom is -0.383 e. The Bertz CT molecular complexity index is 576. The molecule has 1 aromatic heterocycles. The lowest BCUT2D eigenvalue weighted by molar-refractivity contribution is 0.713. The zero-order chi connectivity index (χ0) is 13.3. The normalized spacial score (nSPS) is 10.9. The van der Waals surface area contributed by atoms with Crippen molar-refractivity contribution in [2.24, 2.45) is 0 Å². The molecule has 0 spiro atoms. The van der Waals surface area contributed by atoms with Gasteiger partial charge in [-0.1, -0.05) is 13.0 Å². The molecule has 0 saturated heterocycles. The average molecular weight is 373 g/mol. The van der Waals surface area contributed by atoms with Crippen LogP contribution in [0.4, 0.5) is 5.82 Å². The van der Waals surface area contributed by atoms with Crippen molar-refractivity contribution in [3.63, 3.8) is 0 Å². The Balaban J connectivity index is 2.56. The van der Waals surface area contributed by atoms with Crippen LogP contribution in [0.15, 0.2) is 27.1 Å². The van der Waals surface area contributed by atoms with E-state index in [9.17, 15) is 0 Å². The number of aromatic nitrogens is 2. The van der Waals surface area contributed by atoms with Gasteiger partial charge in [0.1, 0.15) is 17.3 Å². The van der Waals surface area contributed by atoms with E-state index >= 15 is 0 Å². The van der Waals surface area contributed by atoms with E-state index in [1.54, 1.807) is 0 Å². The van der Waals surface area contributed by atoms with Crippen LogP contribution < -0.4 is 5.73 Å². The van der Waals surface area contributed by atoms with E-state index in [4.69, 9.17) is 5.73 Å². The summed E-state index contributed by atoms with van der Waals surface area (Å²) in [4.78, 5) is 4.64. The van der Waals surface area contributed by atoms with Crippen LogP contribution in [0.5, 0.6) is 0 Å². The first-order valence-electron chi connectivity index (χ1n) is 5.88. The number of nitrogens with zero attached hydrogens (tertiary/aromatic N) is 2. The molecule has 0 amide bonds. The number of rotatable bonds is 3. The summed E-state index contributed by atoms with van der Waals surface area (Å²) in [6.45, 7) is 5.02. The van der Waals surface area contributed by atoms with Crippen LogP contribution in [-0.4, -0.2) is 9.55 Å². The van der Waals surface area contributed by atoms with Gasteiger partial charge >= 0.3 is 0 Å². The molecule has 3 nitrogen and oxygen atoms in total. The highest BCUT2D eigenvalue weighted by molar-refractivity contribution is 9.13. The van der Waals surface area contributed by atoms with Crippen molar-refractivity contribution in [3.8, 4) is 11.3 Å². The summed E-state index contributed by atoms with van der Waals surface area (Å²) in [5, 5.41) is 0. The highest BCUT2D eigenvalue weighted by Crippen LogP contribution is 2.32. The lowest BCUT2D eigenvalue weighted by Crippen LogP contribution is -2.04. The number of anilines is 1. The van der Waals surface area contributed by atoms with Gasteiger partial charge in [-0.25, -0.2) is 4.98 Å². The minimum atomic E-state index is 0.739. The van der Waals surface area contributed by atoms with Crippen LogP contribution in [0.1, 0.15) is 19.7 Å². The molecule has 2 N–H and O–H groups in total. The van der Waals surface area contributed by atoms with Gasteiger partial charge < -0.3 is 10.3 Å². The van der Waals surface area contributed by atoms with E-state index in [2.05, 4.69) is 55.3 Å². The standard InChI is InChI=1S/C13H15Br2N3/c1-3-11-17-12(13(16)18(11)4-2)8-5-6-9(14)10(15)7-8/h5-7H,3-4,16H2,1-2H3. The van der Waals surface area contributed by atoms with E-state index < -0.39 is 0 Å². The van der Waals surface area contributed by atoms with Crippen LogP contribution in [0, 0.1) is 0 Å². The van der Waals surface area contributed by atoms with Gasteiger partial charge in [-0.15, -0.1) is 0 Å². The van der Waals surface area contributed by atoms with E-state index in [-0.39, 0.29) is 0 Å². The zero-order valence-electron chi connectivity index (χ0n) is 10.4. The van der Waals surface area contributed by atoms with Gasteiger partial charge in [0, 0.05) is 27.5 Å². The van der Waals surface area contributed by atoms with E-state index in [0.717, 1.165) is 44.8 Å². The van der Waals surface area contributed by atoms with Crippen molar-refractivity contribution in [1.82, 2.24) is 9.55 Å². The number of hydrogen-bond acceptors (Lipinski definition) is 2. The van der Waals surface area contributed by atoms with Gasteiger partial charge in [0.15, 0.2) is 0 Å². The minimum absolute atomic E-state index is 0.739. The van der Waals surface area contributed by atoms with Crippen molar-refractivity contribution in [2.75, 3.05) is 5.73 Å². The Morgan fingerprint density at radius 1 is 1.22 bits per heavy atom. The second kappa shape index (κ2) is 5.45. The number of aryl methyl sites for hydroxylation is 1. The summed E-state index contributed by atoms with van der Waals surface area (Å²) in [5.74, 6) is 1.77. The molecular weight excluding hydrogens is 358 g/mol. The van der Waals surface area contributed by atoms with Crippen molar-refractivity contribution in [2.45, 2.75) is 26.8 Å². The Labute approximate surface area is 124 Å². The van der Waals surface area contributed by atoms with Crippen LogP contribution in [-0.2, 0) is 13.0 Å². The van der Waals surface area contributed by atoms with Crippen LogP contribution in [0.2, 0.25) is 0 Å². The monoisotopic (exact) mass is 371 g/mol. The molecule has 96 valence electrons. The van der Waals surface area contributed by atoms with E-state index in [0.29, 0.717) is 0 Å². The largest absolute Gasteiger partial charge is 0.383 e. The maximum atomic E-state index is 6.18. The van der Waals surface area contributed by atoms with Gasteiger partial charge in [0.2, 0.25) is 0 Å². The van der Waals surface area contributed by atoms with Crippen LogP contribution >= 0.6 is 31.9 Å². The highest BCUT2D eigenvalue weighted by Gasteiger charge is 2.14. The number of imidazole rings is 1. The van der Waals surface area contributed by atoms with E-state index in [1.165, 1.54) is 0 Å². The smallest absolute Gasteiger partial charge is 0.131 e. The fourth-order valence-corrected chi connectivity index (χ4v) is 2.62. The number of nitrogens with two attached hydrogens (primary N) is 1. The molecule has 0 aliphatic carbocycles. The second-order valence-corrected chi connectivity index (χ2v) is 5.70. The highest BCUT2D eigenvalue weighted by atomic mass is 79.9. The summed E-state index contributed by atoms with van der Waals surface area (Å²) in [6, 6.07) is 6.05. The lowest BCUT2D eigenvalue weighted by Gasteiger charge is -2.05. The third-order valence-electron chi connectivity index (χ3n) is 2.91. The van der Waals surface area contributed by atoms with Crippen molar-refractivity contribution < 1.29 is 0 Å². The van der Waals surface area contributed by atoms with Crippen LogP contribution in [0.25, 0.3) is 11.3 Å². The molecule has 5 heteroatoms. The number of hydrogen-bond donors (Lipinski definition) is 1. The summed E-state index contributed by atoms with van der Waals surface area (Å²) < 4.78 is 4.09. The molecule has 1 heterocycles. The predicted molar refractivity (Wildman–Crippen MR) is 82.5 cm³/mol. The number of nitrogen functional groups attached to an aromatic ring is 1. The third kappa shape index (κ3) is 2.34. The van der Waals surface area contributed by atoms with Crippen molar-refractivity contribution in [1.29, 1.82) is 0 Å². The molecule has 0 aliphatic rings. The zero-order valence-corrected chi connectivity index (χ0v) is 13.5. The topological polar surface area (TPSA) is 43.8 Å². The SMILES string of the molecule is CCc1nc(-c2ccc(Br)c(Br)c2)c(N)n1CC. The quantitative estimate of drug-likeness (QED) is 0.875. The Morgan fingerprint density at radius 3 is 2.44 bits per heavy atom. The summed E-state index contributed by atoms with van der Waals surface area (Å²) in [6.07, 6.45) is 0.885. The van der Waals surface area contributed by atoms with Gasteiger partial charge in [-0.05, 0) is 50.9 Å². The molecule has 0 bridgehead atoms. The maximum absolute atomic E-state index is 6.18. The van der Waals surface area contributed by atoms with Gasteiger partial charge in [0.05, 0.1) is 0 Å². The molecular formula is C13H15Br2N3. The molecule has 0 saturated carbocycles. The fourth-order valence-electron chi connectivity index (χ4n) is 1.99. The molecule has 0 unspecified atom stereocenters. The molecule has 2 aromatic rings. The Morgan fingerprint density at radius 2 is 1.94 bits per heavy atom. The molecule has 0 aliphatic heterocycles. The lowest BCUT2D eigenvalue weighted by atomic mass is 10.1. The molecule has 0 fully saturated rings. The predicted octanol–water partition coefficient (Wildman–Crippen LogP) is 4.24. The van der Waals surface area contributed by atoms with E-state index in [1.807, 2.05) is 18.2 Å². The first-order chi connectivity index (χ1) is 8.58. The van der Waals surface area contributed by atoms with Gasteiger partial charge in [-0.2, -0.15) is 0 Å². The second-order valence-electron chi connectivity index (χ2n) is 3.99. The summed E-state index contributed by atoms with van der Waals surface area (Å²) in [7, 11) is 0. The first kappa shape index (κ1) is 13.6. The number of halogens is 2. The molecule has 0 atom stereocenters. The Kier molecular flexibility index (Phi) is 4.12. The Hall–Kier alpha value is -0.810. The average Bonchev–Trinajstić information content (AvgIpc) is 2.69. The molecule has 2 rings (SSSR count). The van der Waals surface area contributed by atoms with Crippen molar-refractivity contribution in [3.05, 3.63) is 33.0 Å². The number of benzene rings is 1. The molecule has 18 heavy (non-hydrogen) atoms. The fraction of sp³-hybridized carbons (Fsp3) is 0.308.